The molecule has 1 aliphatic rings. The molecule has 0 aromatic heterocycles. The van der Waals surface area contributed by atoms with Crippen molar-refractivity contribution in [2.24, 2.45) is 5.41 Å². The van der Waals surface area contributed by atoms with Crippen LogP contribution >= 0.6 is 11.8 Å². The van der Waals surface area contributed by atoms with E-state index in [9.17, 15) is 5.11 Å². The highest BCUT2D eigenvalue weighted by Gasteiger charge is 2.39. The molecule has 0 spiro atoms. The highest BCUT2D eigenvalue weighted by Crippen LogP contribution is 2.44. The first-order valence-electron chi connectivity index (χ1n) is 8.10. The molecule has 1 aromatic carbocycles. The van der Waals surface area contributed by atoms with Crippen LogP contribution in [-0.4, -0.2) is 17.0 Å². The second-order valence-corrected chi connectivity index (χ2v) is 7.20. The van der Waals surface area contributed by atoms with Crippen molar-refractivity contribution in [2.75, 3.05) is 5.75 Å². The van der Waals surface area contributed by atoms with Crippen LogP contribution in [0.3, 0.4) is 0 Å². The van der Waals surface area contributed by atoms with E-state index in [0.29, 0.717) is 0 Å². The molecule has 0 bridgehead atoms. The average Bonchev–Trinajstić information content (AvgIpc) is 2.61. The number of thioether (sulfide) groups is 1. The van der Waals surface area contributed by atoms with Crippen LogP contribution in [0.1, 0.15) is 57.9 Å². The predicted molar refractivity (Wildman–Crippen MR) is 88.4 cm³/mol. The van der Waals surface area contributed by atoms with Gasteiger partial charge in [-0.25, -0.2) is 0 Å². The summed E-state index contributed by atoms with van der Waals surface area (Å²) in [4.78, 5) is 1.38. The Morgan fingerprint density at radius 1 is 1.15 bits per heavy atom. The summed E-state index contributed by atoms with van der Waals surface area (Å²) in [6.07, 6.45) is 7.90. The van der Waals surface area contributed by atoms with E-state index in [1.54, 1.807) is 0 Å². The van der Waals surface area contributed by atoms with Gasteiger partial charge in [-0.3, -0.25) is 0 Å². The zero-order chi connectivity index (χ0) is 14.4. The van der Waals surface area contributed by atoms with Crippen molar-refractivity contribution in [1.29, 1.82) is 0 Å². The molecule has 0 amide bonds. The topological polar surface area (TPSA) is 20.2 Å². The quantitative estimate of drug-likeness (QED) is 0.790. The van der Waals surface area contributed by atoms with Crippen LogP contribution in [0.5, 0.6) is 0 Å². The summed E-state index contributed by atoms with van der Waals surface area (Å²) in [7, 11) is 0. The lowest BCUT2D eigenvalue weighted by atomic mass is 9.73. The highest BCUT2D eigenvalue weighted by atomic mass is 32.2. The molecule has 1 heterocycles. The number of fused-ring (bicyclic) bond motifs is 1. The van der Waals surface area contributed by atoms with Crippen molar-refractivity contribution in [3.8, 4) is 0 Å². The lowest BCUT2D eigenvalue weighted by molar-refractivity contribution is 0.0259. The molecular formula is C18H28OS. The number of hydrogen-bond donors (Lipinski definition) is 1. The Kier molecular flexibility index (Phi) is 5.98. The van der Waals surface area contributed by atoms with E-state index >= 15 is 0 Å². The minimum Gasteiger partial charge on any atom is -0.392 e. The Morgan fingerprint density at radius 3 is 2.45 bits per heavy atom. The molecule has 20 heavy (non-hydrogen) atoms. The van der Waals surface area contributed by atoms with E-state index in [-0.39, 0.29) is 11.5 Å². The van der Waals surface area contributed by atoms with Gasteiger partial charge in [0, 0.05) is 22.5 Å². The third-order valence-corrected chi connectivity index (χ3v) is 6.09. The molecule has 0 fully saturated rings. The summed E-state index contributed by atoms with van der Waals surface area (Å²) in [6, 6.07) is 8.60. The zero-order valence-electron chi connectivity index (χ0n) is 12.9. The molecule has 2 rings (SSSR count). The van der Waals surface area contributed by atoms with Gasteiger partial charge in [0.15, 0.2) is 0 Å². The van der Waals surface area contributed by atoms with Crippen LogP contribution < -0.4 is 0 Å². The molecule has 1 nitrogen and oxygen atoms in total. The molecule has 2 heteroatoms. The second-order valence-electron chi connectivity index (χ2n) is 6.19. The third kappa shape index (κ3) is 3.59. The van der Waals surface area contributed by atoms with E-state index < -0.39 is 0 Å². The minimum absolute atomic E-state index is 0.121. The number of unbranched alkanes of at least 4 members (excludes halogenated alkanes) is 2. The van der Waals surface area contributed by atoms with Crippen LogP contribution in [0.15, 0.2) is 29.2 Å². The van der Waals surface area contributed by atoms with Crippen molar-refractivity contribution in [3.05, 3.63) is 29.8 Å². The van der Waals surface area contributed by atoms with Gasteiger partial charge < -0.3 is 5.11 Å². The van der Waals surface area contributed by atoms with Gasteiger partial charge in [-0.05, 0) is 24.5 Å². The number of benzene rings is 1. The van der Waals surface area contributed by atoms with Crippen molar-refractivity contribution >= 4 is 11.8 Å². The first kappa shape index (κ1) is 15.9. The number of aliphatic hydroxyl groups excluding tert-OH is 1. The largest absolute Gasteiger partial charge is 0.392 e. The lowest BCUT2D eigenvalue weighted by Crippen LogP contribution is -2.38. The standard InChI is InChI=1S/C18H28OS/c1-3-5-11-18(12-6-4-2)14-20-16-10-8-7-9-15(16)13-17(18)19/h7-10,17,19H,3-6,11-14H2,1-2H3/t17-/m1/s1. The molecule has 1 N–H and O–H groups in total. The Bertz CT molecular complexity index is 408. The maximum absolute atomic E-state index is 10.9. The second kappa shape index (κ2) is 7.51. The molecule has 0 aliphatic carbocycles. The molecule has 0 radical (unpaired) electrons. The van der Waals surface area contributed by atoms with Crippen molar-refractivity contribution in [2.45, 2.75) is 69.8 Å². The highest BCUT2D eigenvalue weighted by molar-refractivity contribution is 7.99. The fraction of sp³-hybridized carbons (Fsp3) is 0.667. The van der Waals surface area contributed by atoms with Crippen LogP contribution in [0.25, 0.3) is 0 Å². The van der Waals surface area contributed by atoms with E-state index in [4.69, 9.17) is 0 Å². The molecular weight excluding hydrogens is 264 g/mol. The summed E-state index contributed by atoms with van der Waals surface area (Å²) in [6.45, 7) is 4.50. The summed E-state index contributed by atoms with van der Waals surface area (Å²) >= 11 is 1.96. The number of rotatable bonds is 6. The lowest BCUT2D eigenvalue weighted by Gasteiger charge is -2.37. The third-order valence-electron chi connectivity index (χ3n) is 4.66. The fourth-order valence-electron chi connectivity index (χ4n) is 3.22. The Labute approximate surface area is 128 Å². The first-order chi connectivity index (χ1) is 9.72. The van der Waals surface area contributed by atoms with Crippen LogP contribution in [-0.2, 0) is 6.42 Å². The van der Waals surface area contributed by atoms with E-state index in [2.05, 4.69) is 38.1 Å². The van der Waals surface area contributed by atoms with Crippen LogP contribution in [0.2, 0.25) is 0 Å². The molecule has 1 aliphatic heterocycles. The molecule has 1 atom stereocenters. The van der Waals surface area contributed by atoms with Crippen molar-refractivity contribution in [1.82, 2.24) is 0 Å². The zero-order valence-corrected chi connectivity index (χ0v) is 13.7. The summed E-state index contributed by atoms with van der Waals surface area (Å²) < 4.78 is 0. The van der Waals surface area contributed by atoms with E-state index in [0.717, 1.165) is 12.2 Å². The van der Waals surface area contributed by atoms with E-state index in [1.165, 1.54) is 49.0 Å². The molecule has 0 unspecified atom stereocenters. The Balaban J connectivity index is 2.19. The SMILES string of the molecule is CCCCC1(CCCC)CSc2ccccc2C[C@H]1O. The number of hydrogen-bond acceptors (Lipinski definition) is 2. The summed E-state index contributed by atoms with van der Waals surface area (Å²) in [5.41, 5.74) is 1.45. The Morgan fingerprint density at radius 2 is 1.80 bits per heavy atom. The fourth-order valence-corrected chi connectivity index (χ4v) is 4.65. The maximum atomic E-state index is 10.9. The summed E-state index contributed by atoms with van der Waals surface area (Å²) in [5.74, 6) is 1.07. The van der Waals surface area contributed by atoms with Crippen molar-refractivity contribution < 1.29 is 5.11 Å². The monoisotopic (exact) mass is 292 g/mol. The molecule has 1 aromatic rings. The van der Waals surface area contributed by atoms with Crippen LogP contribution in [0, 0.1) is 5.41 Å². The van der Waals surface area contributed by atoms with Gasteiger partial charge in [-0.1, -0.05) is 57.7 Å². The van der Waals surface area contributed by atoms with Gasteiger partial charge >= 0.3 is 0 Å². The van der Waals surface area contributed by atoms with Gasteiger partial charge in [0.05, 0.1) is 6.10 Å². The van der Waals surface area contributed by atoms with Gasteiger partial charge in [-0.2, -0.15) is 0 Å². The average molecular weight is 292 g/mol. The van der Waals surface area contributed by atoms with Gasteiger partial charge in [0.2, 0.25) is 0 Å². The smallest absolute Gasteiger partial charge is 0.0645 e. The molecule has 0 saturated heterocycles. The normalized spacial score (nSPS) is 21.2. The van der Waals surface area contributed by atoms with Gasteiger partial charge in [-0.15, -0.1) is 11.8 Å². The summed E-state index contributed by atoms with van der Waals surface area (Å²) in [5, 5.41) is 10.9. The predicted octanol–water partition coefficient (Wildman–Crippen LogP) is 5.06. The van der Waals surface area contributed by atoms with Crippen molar-refractivity contribution in [3.63, 3.8) is 0 Å². The number of aliphatic hydroxyl groups is 1. The Hall–Kier alpha value is -0.470. The van der Waals surface area contributed by atoms with Gasteiger partial charge in [0.25, 0.3) is 0 Å². The minimum atomic E-state index is -0.184. The van der Waals surface area contributed by atoms with Gasteiger partial charge in [0.1, 0.15) is 0 Å². The van der Waals surface area contributed by atoms with E-state index in [1.807, 2.05) is 11.8 Å². The van der Waals surface area contributed by atoms with Crippen LogP contribution in [0.4, 0.5) is 0 Å². The maximum Gasteiger partial charge on any atom is 0.0645 e. The molecule has 0 saturated carbocycles. The first-order valence-corrected chi connectivity index (χ1v) is 9.09. The molecule has 112 valence electrons.